The Morgan fingerprint density at radius 1 is 0.254 bits per heavy atom. The summed E-state index contributed by atoms with van der Waals surface area (Å²) in [5.74, 6) is 0.265. The molecule has 10 rings (SSSR count). The Labute approximate surface area is 764 Å². The third kappa shape index (κ3) is 27.7. The van der Waals surface area contributed by atoms with Crippen molar-refractivity contribution < 1.29 is 61.3 Å². The third-order valence-corrected chi connectivity index (χ3v) is 28.5. The van der Waals surface area contributed by atoms with Crippen LogP contribution in [-0.2, 0) is 67.2 Å². The second-order valence-corrected chi connectivity index (χ2v) is 39.9. The van der Waals surface area contributed by atoms with Crippen molar-refractivity contribution in [3.8, 4) is 0 Å². The minimum absolute atomic E-state index is 0.0663. The summed E-state index contributed by atoms with van der Waals surface area (Å²) >= 11 is 0. The number of aliphatic hydroxyl groups is 12. The highest BCUT2D eigenvalue weighted by molar-refractivity contribution is 5.57. The molecule has 6 aromatic rings. The molecule has 0 amide bonds. The molecule has 12 N–H and O–H groups in total. The molecule has 4 aliphatic rings. The second kappa shape index (κ2) is 47.4. The molecule has 4 fully saturated rings. The molecule has 0 spiro atoms. The Bertz CT molecular complexity index is 4100. The molecule has 126 heavy (non-hydrogen) atoms. The van der Waals surface area contributed by atoms with E-state index in [1.165, 1.54) is 12.8 Å². The fourth-order valence-electron chi connectivity index (χ4n) is 19.7. The summed E-state index contributed by atoms with van der Waals surface area (Å²) in [6.07, 6.45) is 37.6. The highest BCUT2D eigenvalue weighted by Gasteiger charge is 2.44. The van der Waals surface area contributed by atoms with Gasteiger partial charge in [-0.15, -0.1) is 0 Å². The second-order valence-electron chi connectivity index (χ2n) is 39.9. The monoisotopic (exact) mass is 1730 g/mol. The average Bonchev–Trinajstić information content (AvgIpc) is 0.982. The molecule has 0 radical (unpaired) electrons. The lowest BCUT2D eigenvalue weighted by Crippen LogP contribution is -2.40. The molecule has 0 atom stereocenters. The Morgan fingerprint density at radius 2 is 0.429 bits per heavy atom. The van der Waals surface area contributed by atoms with Crippen LogP contribution in [0.3, 0.4) is 0 Å². The summed E-state index contributed by atoms with van der Waals surface area (Å²) in [6, 6.07) is 35.8. The topological polar surface area (TPSA) is 243 Å². The highest BCUT2D eigenvalue weighted by atomic mass is 16.3. The van der Waals surface area contributed by atoms with Crippen LogP contribution < -0.4 is 0 Å². The first-order valence-electron chi connectivity index (χ1n) is 48.3. The summed E-state index contributed by atoms with van der Waals surface area (Å²) < 4.78 is 0. The maximum Gasteiger partial charge on any atom is 0.0942 e. The minimum atomic E-state index is -0.942. The summed E-state index contributed by atoms with van der Waals surface area (Å²) in [5, 5.41) is 130. The van der Waals surface area contributed by atoms with Gasteiger partial charge in [0.05, 0.1) is 67.2 Å². The third-order valence-electron chi connectivity index (χ3n) is 28.5. The van der Waals surface area contributed by atoms with Gasteiger partial charge in [-0.2, -0.15) is 0 Å². The quantitative estimate of drug-likeness (QED) is 0.0181. The molecule has 12 heteroatoms. The van der Waals surface area contributed by atoms with Gasteiger partial charge >= 0.3 is 0 Å². The van der Waals surface area contributed by atoms with Crippen molar-refractivity contribution in [3.63, 3.8) is 0 Å². The lowest BCUT2D eigenvalue weighted by molar-refractivity contribution is -0.0593. The van der Waals surface area contributed by atoms with Crippen molar-refractivity contribution >= 4 is 36.5 Å². The Morgan fingerprint density at radius 3 is 0.619 bits per heavy atom. The van der Waals surface area contributed by atoms with Gasteiger partial charge in [-0.05, 0) is 333 Å². The van der Waals surface area contributed by atoms with Gasteiger partial charge in [-0.3, -0.25) is 0 Å². The van der Waals surface area contributed by atoms with E-state index < -0.39 is 67.2 Å². The predicted molar refractivity (Wildman–Crippen MR) is 532 cm³/mol. The lowest BCUT2D eigenvalue weighted by atomic mass is 9.70. The predicted octanol–water partition coefficient (Wildman–Crippen LogP) is 26.8. The van der Waals surface area contributed by atoms with Gasteiger partial charge in [0.15, 0.2) is 0 Å². The zero-order chi connectivity index (χ0) is 94.9. The zero-order valence-corrected chi connectivity index (χ0v) is 82.0. The van der Waals surface area contributed by atoms with Gasteiger partial charge in [-0.1, -0.05) is 307 Å². The summed E-state index contributed by atoms with van der Waals surface area (Å²) in [4.78, 5) is 0. The van der Waals surface area contributed by atoms with Crippen LogP contribution in [0, 0.1) is 23.7 Å². The largest absolute Gasteiger partial charge is 0.386 e. The van der Waals surface area contributed by atoms with Crippen molar-refractivity contribution in [2.75, 3.05) is 0 Å². The first-order chi connectivity index (χ1) is 58.9. The number of hydrogen-bond donors (Lipinski definition) is 12. The van der Waals surface area contributed by atoms with E-state index in [1.54, 1.807) is 45.9 Å². The minimum Gasteiger partial charge on any atom is -0.386 e. The molecule has 4 saturated carbocycles. The van der Waals surface area contributed by atoms with Crippen LogP contribution in [0.25, 0.3) is 36.5 Å². The molecule has 0 aliphatic heterocycles. The highest BCUT2D eigenvalue weighted by Crippen LogP contribution is 2.49. The summed E-state index contributed by atoms with van der Waals surface area (Å²) in [7, 11) is 0. The standard InChI is InChI=1S/2C22H36O2.C20H28O2.C18H24O2.C18H28O2.C14H20O2/c1-10-18-11-19(21(23,14(2)3)15(4)5)13-20(12-18)22(24,16(6)7)17(8)9;1-6-11-21(23,12-7-2)19-15-18(10-5)16-20(17-19)22(24,13-8-3)14-9-4;1-2-16-13-17(19(21)9-5-3-6-10-19)15-18(14-16)20(22)11-7-4-8-12-20;1-2-14-11-15(17(19)7-3-4-8-17)13-16(12-14)18(20)9-5-6-10-18;1-6-14-11-15(17(19,7-2)8-3)13-16(12-14)18(20,9-4)10-5;1-6-10-7-11(13(2,3)15)9-12(8-10)14(4,5)16/h10-17,23-24H,1H2,2-9H3;10,15-17,23-24H,5-9,11-14H2,1-4H3;2,13-15,21-22H,1,3-12H2;2,11-13,19-20H,1,3-10H2;6,11-13,19-20H,1,7-10H2,2-5H3;6-9,15-16H,1H2,2-5H3. The number of hydrogen-bond acceptors (Lipinski definition) is 12. The van der Waals surface area contributed by atoms with E-state index >= 15 is 0 Å². The van der Waals surface area contributed by atoms with Crippen molar-refractivity contribution in [1.29, 1.82) is 0 Å². The van der Waals surface area contributed by atoms with E-state index in [0.717, 1.165) is 254 Å². The van der Waals surface area contributed by atoms with E-state index in [2.05, 4.69) is 73.2 Å². The Kier molecular flexibility index (Phi) is 41.3. The molecule has 700 valence electrons. The smallest absolute Gasteiger partial charge is 0.0942 e. The fourth-order valence-corrected chi connectivity index (χ4v) is 19.7. The number of rotatable bonds is 34. The molecule has 4 aliphatic carbocycles. The molecule has 0 aromatic heterocycles. The van der Waals surface area contributed by atoms with Gasteiger partial charge in [0.25, 0.3) is 0 Å². The molecule has 0 bridgehead atoms. The first-order valence-corrected chi connectivity index (χ1v) is 48.3. The van der Waals surface area contributed by atoms with Crippen LogP contribution in [0.4, 0.5) is 0 Å². The van der Waals surface area contributed by atoms with E-state index in [4.69, 9.17) is 0 Å². The molecule has 0 unspecified atom stereocenters. The van der Waals surface area contributed by atoms with Crippen molar-refractivity contribution in [1.82, 2.24) is 0 Å². The normalized spacial score (nSPS) is 16.5. The van der Waals surface area contributed by atoms with Gasteiger partial charge in [0.1, 0.15) is 0 Å². The molecule has 0 heterocycles. The summed E-state index contributed by atoms with van der Waals surface area (Å²) in [5.41, 5.74) is 6.58. The van der Waals surface area contributed by atoms with Crippen LogP contribution >= 0.6 is 0 Å². The first kappa shape index (κ1) is 110. The van der Waals surface area contributed by atoms with Crippen molar-refractivity contribution in [2.24, 2.45) is 23.7 Å². The molecule has 0 saturated heterocycles. The average molecular weight is 1730 g/mol. The molecular weight excluding hydrogens is 1560 g/mol. The van der Waals surface area contributed by atoms with E-state index in [9.17, 15) is 61.3 Å². The molecule has 12 nitrogen and oxygen atoms in total. The van der Waals surface area contributed by atoms with Gasteiger partial charge in [0, 0.05) is 0 Å². The van der Waals surface area contributed by atoms with E-state index in [-0.39, 0.29) is 23.7 Å². The van der Waals surface area contributed by atoms with Crippen LogP contribution in [0.2, 0.25) is 0 Å². The Hall–Kier alpha value is -6.72. The van der Waals surface area contributed by atoms with Gasteiger partial charge < -0.3 is 61.3 Å². The van der Waals surface area contributed by atoms with Crippen molar-refractivity contribution in [3.05, 3.63) is 249 Å². The van der Waals surface area contributed by atoms with Crippen LogP contribution in [0.1, 0.15) is 431 Å². The lowest BCUT2D eigenvalue weighted by Gasteiger charge is -2.40. The molecular formula is C114H172O12. The van der Waals surface area contributed by atoms with Crippen LogP contribution in [0.5, 0.6) is 0 Å². The maximum absolute atomic E-state index is 11.4. The van der Waals surface area contributed by atoms with Gasteiger partial charge in [0.2, 0.25) is 0 Å². The maximum atomic E-state index is 11.4. The van der Waals surface area contributed by atoms with Gasteiger partial charge in [-0.25, -0.2) is 0 Å². The zero-order valence-electron chi connectivity index (χ0n) is 82.0. The fraction of sp³-hybridized carbons (Fsp3) is 0.579. The molecule has 6 aromatic carbocycles. The van der Waals surface area contributed by atoms with E-state index in [0.29, 0.717) is 25.7 Å². The van der Waals surface area contributed by atoms with E-state index in [1.807, 2.05) is 204 Å². The SMILES string of the molecule is C=Cc1cc(C(C)(C)O)cc(C(C)(C)O)c1.C=Cc1cc(C(O)(C(C)C)C(C)C)cc(C(O)(C(C)C)C(C)C)c1.C=Cc1cc(C(O)(CC)CC)cc(C(O)(CC)CC)c1.C=Cc1cc(C(O)(CCC)CCC)cc(C(O)(CCC)CCC)c1.C=Cc1cc(C2(O)CCCC2)cc(C2(O)CCCC2)c1.C=Cc1cc(C2(O)CCCCC2)cc(C2(O)CCCCC2)c1. The Balaban J connectivity index is 0.000000269. The van der Waals surface area contributed by atoms with Crippen LogP contribution in [-0.4, -0.2) is 61.3 Å². The van der Waals surface area contributed by atoms with Crippen LogP contribution in [0.15, 0.2) is 149 Å². The van der Waals surface area contributed by atoms with Crippen molar-refractivity contribution in [2.45, 2.75) is 398 Å². The number of benzene rings is 6. The summed E-state index contributed by atoms with van der Waals surface area (Å²) in [6.45, 7) is 62.6.